The van der Waals surface area contributed by atoms with Gasteiger partial charge in [-0.1, -0.05) is 42.1 Å². The molecule has 0 saturated carbocycles. The number of carbonyl (C=O) groups is 2. The highest BCUT2D eigenvalue weighted by Gasteiger charge is 2.19. The molecule has 0 spiro atoms. The first-order valence-corrected chi connectivity index (χ1v) is 8.81. The number of nitrogens with one attached hydrogen (secondary N) is 1. The summed E-state index contributed by atoms with van der Waals surface area (Å²) >= 11 is 2.84. The lowest BCUT2D eigenvalue weighted by Crippen LogP contribution is -2.39. The molecule has 0 saturated heterocycles. The monoisotopic (exact) mass is 358 g/mol. The fourth-order valence-corrected chi connectivity index (χ4v) is 4.08. The van der Waals surface area contributed by atoms with Crippen molar-refractivity contribution in [1.29, 1.82) is 0 Å². The summed E-state index contributed by atoms with van der Waals surface area (Å²) < 4.78 is 0. The maximum absolute atomic E-state index is 11.8. The SMILES string of the molecule is CC(Sc1ncnc2sc(-c3ccccc3)cc12)C(=O)NC(N)=O. The molecule has 122 valence electrons. The van der Waals surface area contributed by atoms with Crippen molar-refractivity contribution >= 4 is 45.3 Å². The topological polar surface area (TPSA) is 98.0 Å². The van der Waals surface area contributed by atoms with Crippen molar-refractivity contribution in [2.45, 2.75) is 17.2 Å². The largest absolute Gasteiger partial charge is 0.351 e. The molecule has 0 fully saturated rings. The summed E-state index contributed by atoms with van der Waals surface area (Å²) in [6.45, 7) is 1.70. The smallest absolute Gasteiger partial charge is 0.318 e. The first-order valence-electron chi connectivity index (χ1n) is 7.11. The van der Waals surface area contributed by atoms with Crippen LogP contribution in [0.25, 0.3) is 20.7 Å². The summed E-state index contributed by atoms with van der Waals surface area (Å²) in [6.07, 6.45) is 1.48. The number of primary amides is 1. The number of aromatic nitrogens is 2. The number of benzene rings is 1. The second-order valence-corrected chi connectivity index (χ2v) is 7.35. The van der Waals surface area contributed by atoms with Gasteiger partial charge in [0.15, 0.2) is 0 Å². The van der Waals surface area contributed by atoms with Crippen molar-refractivity contribution in [1.82, 2.24) is 15.3 Å². The molecule has 1 atom stereocenters. The van der Waals surface area contributed by atoms with Crippen molar-refractivity contribution in [3.63, 3.8) is 0 Å². The van der Waals surface area contributed by atoms with Crippen molar-refractivity contribution in [3.05, 3.63) is 42.7 Å². The summed E-state index contributed by atoms with van der Waals surface area (Å²) in [5, 5.41) is 3.17. The fourth-order valence-electron chi connectivity index (χ4n) is 2.12. The van der Waals surface area contributed by atoms with Gasteiger partial charge in [0, 0.05) is 10.3 Å². The average Bonchev–Trinajstić information content (AvgIpc) is 3.00. The third-order valence-corrected chi connectivity index (χ3v) is 5.46. The van der Waals surface area contributed by atoms with Gasteiger partial charge in [-0.25, -0.2) is 14.8 Å². The van der Waals surface area contributed by atoms with Gasteiger partial charge in [-0.2, -0.15) is 0 Å². The lowest BCUT2D eigenvalue weighted by atomic mass is 10.2. The van der Waals surface area contributed by atoms with Crippen LogP contribution in [-0.2, 0) is 4.79 Å². The summed E-state index contributed by atoms with van der Waals surface area (Å²) in [6, 6.07) is 11.2. The van der Waals surface area contributed by atoms with Gasteiger partial charge in [-0.3, -0.25) is 10.1 Å². The molecule has 0 aliphatic heterocycles. The number of fused-ring (bicyclic) bond motifs is 1. The lowest BCUT2D eigenvalue weighted by Gasteiger charge is -2.09. The minimum atomic E-state index is -0.859. The van der Waals surface area contributed by atoms with E-state index in [0.717, 1.165) is 20.7 Å². The number of urea groups is 1. The number of nitrogens with zero attached hydrogens (tertiary/aromatic N) is 2. The van der Waals surface area contributed by atoms with Crippen LogP contribution < -0.4 is 11.1 Å². The Balaban J connectivity index is 1.90. The van der Waals surface area contributed by atoms with Crippen LogP contribution in [0.15, 0.2) is 47.8 Å². The summed E-state index contributed by atoms with van der Waals surface area (Å²) in [4.78, 5) is 33.2. The van der Waals surface area contributed by atoms with Crippen molar-refractivity contribution in [3.8, 4) is 10.4 Å². The van der Waals surface area contributed by atoms with Crippen LogP contribution in [0.5, 0.6) is 0 Å². The highest BCUT2D eigenvalue weighted by Crippen LogP contribution is 2.37. The Morgan fingerprint density at radius 2 is 2.00 bits per heavy atom. The number of hydrogen-bond acceptors (Lipinski definition) is 6. The molecule has 1 aromatic carbocycles. The number of hydrogen-bond donors (Lipinski definition) is 2. The second-order valence-electron chi connectivity index (χ2n) is 4.99. The van der Waals surface area contributed by atoms with E-state index < -0.39 is 17.2 Å². The molecule has 6 nitrogen and oxygen atoms in total. The van der Waals surface area contributed by atoms with E-state index in [4.69, 9.17) is 5.73 Å². The molecule has 2 aromatic heterocycles. The highest BCUT2D eigenvalue weighted by molar-refractivity contribution is 8.00. The van der Waals surface area contributed by atoms with Crippen molar-refractivity contribution in [2.24, 2.45) is 5.73 Å². The predicted molar refractivity (Wildman–Crippen MR) is 95.9 cm³/mol. The Morgan fingerprint density at radius 1 is 1.25 bits per heavy atom. The van der Waals surface area contributed by atoms with Crippen LogP contribution in [0.1, 0.15) is 6.92 Å². The highest BCUT2D eigenvalue weighted by atomic mass is 32.2. The number of thioether (sulfide) groups is 1. The summed E-state index contributed by atoms with van der Waals surface area (Å²) in [7, 11) is 0. The molecule has 3 rings (SSSR count). The predicted octanol–water partition coefficient (Wildman–Crippen LogP) is 3.03. The maximum Gasteiger partial charge on any atom is 0.318 e. The van der Waals surface area contributed by atoms with E-state index in [1.165, 1.54) is 18.1 Å². The standard InChI is InChI=1S/C16H14N4O2S2/c1-9(13(21)20-16(17)22)23-14-11-7-12(10-5-3-2-4-6-10)24-15(11)19-8-18-14/h2-9H,1H3,(H3,17,20,21,22). The second kappa shape index (κ2) is 6.98. The van der Waals surface area contributed by atoms with Crippen LogP contribution in [0.4, 0.5) is 4.79 Å². The van der Waals surface area contributed by atoms with Gasteiger partial charge in [-0.15, -0.1) is 11.3 Å². The zero-order valence-electron chi connectivity index (χ0n) is 12.7. The van der Waals surface area contributed by atoms with E-state index in [0.29, 0.717) is 5.03 Å². The Hall–Kier alpha value is -2.45. The molecule has 0 bridgehead atoms. The minimum Gasteiger partial charge on any atom is -0.351 e. The van der Waals surface area contributed by atoms with Gasteiger partial charge in [0.25, 0.3) is 0 Å². The molecule has 1 unspecified atom stereocenters. The molecule has 0 aliphatic rings. The minimum absolute atomic E-state index is 0.447. The number of amides is 3. The van der Waals surface area contributed by atoms with Crippen LogP contribution in [0.3, 0.4) is 0 Å². The molecule has 3 N–H and O–H groups in total. The van der Waals surface area contributed by atoms with Crippen molar-refractivity contribution < 1.29 is 9.59 Å². The number of nitrogens with two attached hydrogens (primary N) is 1. The van der Waals surface area contributed by atoms with E-state index >= 15 is 0 Å². The molecule has 8 heteroatoms. The quantitative estimate of drug-likeness (QED) is 0.552. The molecule has 0 radical (unpaired) electrons. The van der Waals surface area contributed by atoms with Crippen LogP contribution in [0, 0.1) is 0 Å². The number of carbonyl (C=O) groups excluding carboxylic acids is 2. The molecule has 3 amide bonds. The van der Waals surface area contributed by atoms with E-state index in [9.17, 15) is 9.59 Å². The lowest BCUT2D eigenvalue weighted by molar-refractivity contribution is -0.119. The van der Waals surface area contributed by atoms with Gasteiger partial charge in [0.05, 0.1) is 5.25 Å². The van der Waals surface area contributed by atoms with Gasteiger partial charge < -0.3 is 5.73 Å². The normalized spacial score (nSPS) is 12.0. The first kappa shape index (κ1) is 16.4. The van der Waals surface area contributed by atoms with Gasteiger partial charge in [0.2, 0.25) is 5.91 Å². The average molecular weight is 358 g/mol. The Bertz CT molecular complexity index is 895. The third-order valence-electron chi connectivity index (χ3n) is 3.26. The van der Waals surface area contributed by atoms with Crippen LogP contribution in [-0.4, -0.2) is 27.2 Å². The number of thiophene rings is 1. The third kappa shape index (κ3) is 3.55. The van der Waals surface area contributed by atoms with E-state index in [1.807, 2.05) is 36.4 Å². The summed E-state index contributed by atoms with van der Waals surface area (Å²) in [5.74, 6) is -0.447. The Labute approximate surface area is 146 Å². The van der Waals surface area contributed by atoms with Gasteiger partial charge >= 0.3 is 6.03 Å². The zero-order valence-corrected chi connectivity index (χ0v) is 14.4. The zero-order chi connectivity index (χ0) is 17.1. The van der Waals surface area contributed by atoms with Crippen LogP contribution in [0.2, 0.25) is 0 Å². The number of imide groups is 1. The number of rotatable bonds is 4. The van der Waals surface area contributed by atoms with Gasteiger partial charge in [0.1, 0.15) is 16.2 Å². The van der Waals surface area contributed by atoms with Gasteiger partial charge in [-0.05, 0) is 18.6 Å². The molecule has 24 heavy (non-hydrogen) atoms. The molecular formula is C16H14N4O2S2. The van der Waals surface area contributed by atoms with Crippen molar-refractivity contribution in [2.75, 3.05) is 0 Å². The first-order chi connectivity index (χ1) is 11.5. The maximum atomic E-state index is 11.8. The van der Waals surface area contributed by atoms with Crippen LogP contribution >= 0.6 is 23.1 Å². The fraction of sp³-hybridized carbons (Fsp3) is 0.125. The van der Waals surface area contributed by atoms with E-state index in [1.54, 1.807) is 18.3 Å². The van der Waals surface area contributed by atoms with E-state index in [2.05, 4.69) is 15.3 Å². The molecule has 3 aromatic rings. The molecule has 2 heterocycles. The van der Waals surface area contributed by atoms with E-state index in [-0.39, 0.29) is 0 Å². The Morgan fingerprint density at radius 3 is 2.71 bits per heavy atom. The summed E-state index contributed by atoms with van der Waals surface area (Å²) in [5.41, 5.74) is 6.09. The molecular weight excluding hydrogens is 344 g/mol. The Kier molecular flexibility index (Phi) is 4.77. The molecule has 0 aliphatic carbocycles.